The molecule has 0 atom stereocenters. The third-order valence-electron chi connectivity index (χ3n) is 3.26. The summed E-state index contributed by atoms with van der Waals surface area (Å²) >= 11 is 0. The minimum atomic E-state index is 0.417. The summed E-state index contributed by atoms with van der Waals surface area (Å²) in [6, 6.07) is 0. The van der Waals surface area contributed by atoms with Crippen molar-refractivity contribution >= 4 is 5.78 Å². The zero-order valence-corrected chi connectivity index (χ0v) is 12.5. The van der Waals surface area contributed by atoms with Gasteiger partial charge in [0.15, 0.2) is 0 Å². The van der Waals surface area contributed by atoms with E-state index in [1.54, 1.807) is 0 Å². The topological polar surface area (TPSA) is 26.3 Å². The van der Waals surface area contributed by atoms with Gasteiger partial charge in [-0.15, -0.1) is 0 Å². The smallest absolute Gasteiger partial charge is 0.132 e. The Morgan fingerprint density at radius 2 is 1.33 bits per heavy atom. The highest BCUT2D eigenvalue weighted by molar-refractivity contribution is 5.78. The van der Waals surface area contributed by atoms with E-state index in [4.69, 9.17) is 4.74 Å². The normalized spacial score (nSPS) is 10.8. The minimum absolute atomic E-state index is 0.417. The lowest BCUT2D eigenvalue weighted by Crippen LogP contribution is -2.01. The molecular formula is C16H32O2. The summed E-state index contributed by atoms with van der Waals surface area (Å²) in [5.74, 6) is 0.417. The first kappa shape index (κ1) is 17.6. The fraction of sp³-hybridized carbons (Fsp3) is 0.938. The van der Waals surface area contributed by atoms with Crippen LogP contribution in [0.15, 0.2) is 0 Å². The first-order valence-electron chi connectivity index (χ1n) is 7.90. The Balaban J connectivity index is 3.10. The molecule has 0 radical (unpaired) electrons. The molecule has 0 rings (SSSR count). The van der Waals surface area contributed by atoms with Crippen LogP contribution in [0.3, 0.4) is 0 Å². The standard InChI is InChI=1S/C16H32O2/c1-3-5-6-7-8-9-10-11-13-16(17)14-12-15-18-4-2/h3-15H2,1-2H3. The number of hydrogen-bond acceptors (Lipinski definition) is 2. The van der Waals surface area contributed by atoms with Gasteiger partial charge in [0.05, 0.1) is 0 Å². The summed E-state index contributed by atoms with van der Waals surface area (Å²) in [6.07, 6.45) is 12.8. The van der Waals surface area contributed by atoms with Gasteiger partial charge in [-0.3, -0.25) is 4.79 Å². The van der Waals surface area contributed by atoms with Gasteiger partial charge in [-0.1, -0.05) is 51.9 Å². The van der Waals surface area contributed by atoms with Crippen molar-refractivity contribution in [1.82, 2.24) is 0 Å². The minimum Gasteiger partial charge on any atom is -0.382 e. The first-order chi connectivity index (χ1) is 8.81. The molecule has 0 heterocycles. The van der Waals surface area contributed by atoms with E-state index < -0.39 is 0 Å². The highest BCUT2D eigenvalue weighted by Crippen LogP contribution is 2.10. The Kier molecular flexibility index (Phi) is 14.4. The predicted molar refractivity (Wildman–Crippen MR) is 78.0 cm³/mol. The van der Waals surface area contributed by atoms with Crippen LogP contribution in [-0.2, 0) is 9.53 Å². The van der Waals surface area contributed by atoms with Crippen LogP contribution in [0.4, 0.5) is 0 Å². The predicted octanol–water partition coefficient (Wildman–Crippen LogP) is 4.90. The molecule has 0 aliphatic heterocycles. The second-order valence-corrected chi connectivity index (χ2v) is 5.06. The summed E-state index contributed by atoms with van der Waals surface area (Å²) in [4.78, 5) is 11.5. The van der Waals surface area contributed by atoms with E-state index in [-0.39, 0.29) is 0 Å². The lowest BCUT2D eigenvalue weighted by Gasteiger charge is -2.02. The van der Waals surface area contributed by atoms with Crippen LogP contribution in [0.1, 0.15) is 84.5 Å². The number of Topliss-reactive ketones (excluding diaryl/α,β-unsaturated/α-hetero) is 1. The average molecular weight is 256 g/mol. The zero-order valence-electron chi connectivity index (χ0n) is 12.5. The lowest BCUT2D eigenvalue weighted by atomic mass is 10.0. The average Bonchev–Trinajstić information content (AvgIpc) is 2.38. The number of carbonyl (C=O) groups is 1. The molecule has 0 amide bonds. The van der Waals surface area contributed by atoms with Gasteiger partial charge in [0.25, 0.3) is 0 Å². The van der Waals surface area contributed by atoms with Crippen LogP contribution in [0.2, 0.25) is 0 Å². The molecule has 0 aromatic heterocycles. The Bertz CT molecular complexity index is 178. The van der Waals surface area contributed by atoms with Crippen LogP contribution in [0, 0.1) is 0 Å². The van der Waals surface area contributed by atoms with Crippen LogP contribution < -0.4 is 0 Å². The van der Waals surface area contributed by atoms with Crippen molar-refractivity contribution in [3.63, 3.8) is 0 Å². The molecule has 0 saturated carbocycles. The molecule has 2 nitrogen and oxygen atoms in total. The summed E-state index contributed by atoms with van der Waals surface area (Å²) < 4.78 is 5.22. The van der Waals surface area contributed by atoms with E-state index in [1.165, 1.54) is 44.9 Å². The molecule has 0 unspecified atom stereocenters. The maximum absolute atomic E-state index is 11.5. The highest BCUT2D eigenvalue weighted by Gasteiger charge is 2.01. The SMILES string of the molecule is CCCCCCCCCCC(=O)CCCOCC. The van der Waals surface area contributed by atoms with E-state index in [2.05, 4.69) is 6.92 Å². The van der Waals surface area contributed by atoms with Crippen LogP contribution >= 0.6 is 0 Å². The number of carbonyl (C=O) groups excluding carboxylic acids is 1. The van der Waals surface area contributed by atoms with Gasteiger partial charge in [0.1, 0.15) is 5.78 Å². The monoisotopic (exact) mass is 256 g/mol. The molecule has 108 valence electrons. The molecule has 0 bridgehead atoms. The third kappa shape index (κ3) is 13.7. The maximum Gasteiger partial charge on any atom is 0.132 e. The van der Waals surface area contributed by atoms with Gasteiger partial charge < -0.3 is 4.74 Å². The van der Waals surface area contributed by atoms with Gasteiger partial charge in [0.2, 0.25) is 0 Å². The van der Waals surface area contributed by atoms with Crippen molar-refractivity contribution in [1.29, 1.82) is 0 Å². The summed E-state index contributed by atoms with van der Waals surface area (Å²) in [7, 11) is 0. The Hall–Kier alpha value is -0.370. The number of unbranched alkanes of at least 4 members (excludes halogenated alkanes) is 7. The molecule has 18 heavy (non-hydrogen) atoms. The molecular weight excluding hydrogens is 224 g/mol. The number of rotatable bonds is 14. The van der Waals surface area contributed by atoms with Crippen LogP contribution in [0.25, 0.3) is 0 Å². The molecule has 0 aromatic carbocycles. The third-order valence-corrected chi connectivity index (χ3v) is 3.26. The van der Waals surface area contributed by atoms with Gasteiger partial charge >= 0.3 is 0 Å². The van der Waals surface area contributed by atoms with Gasteiger partial charge in [-0.25, -0.2) is 0 Å². The largest absolute Gasteiger partial charge is 0.382 e. The molecule has 0 N–H and O–H groups in total. The Morgan fingerprint density at radius 3 is 1.94 bits per heavy atom. The van der Waals surface area contributed by atoms with Gasteiger partial charge in [0, 0.05) is 26.1 Å². The molecule has 0 aliphatic carbocycles. The van der Waals surface area contributed by atoms with Crippen molar-refractivity contribution in [3.8, 4) is 0 Å². The number of hydrogen-bond donors (Lipinski definition) is 0. The fourth-order valence-corrected chi connectivity index (χ4v) is 2.10. The molecule has 0 spiro atoms. The van der Waals surface area contributed by atoms with Crippen LogP contribution in [-0.4, -0.2) is 19.0 Å². The number of ketones is 1. The Labute approximate surface area is 113 Å². The van der Waals surface area contributed by atoms with E-state index in [1.807, 2.05) is 6.92 Å². The molecule has 0 aliphatic rings. The molecule has 2 heteroatoms. The maximum atomic E-state index is 11.5. The second-order valence-electron chi connectivity index (χ2n) is 5.06. The summed E-state index contributed by atoms with van der Waals surface area (Å²) in [5.41, 5.74) is 0. The van der Waals surface area contributed by atoms with Crippen molar-refractivity contribution in [2.24, 2.45) is 0 Å². The van der Waals surface area contributed by atoms with Crippen molar-refractivity contribution in [2.75, 3.05) is 13.2 Å². The second kappa shape index (κ2) is 14.7. The lowest BCUT2D eigenvalue weighted by molar-refractivity contribution is -0.119. The highest BCUT2D eigenvalue weighted by atomic mass is 16.5. The van der Waals surface area contributed by atoms with E-state index in [0.717, 1.165) is 32.5 Å². The summed E-state index contributed by atoms with van der Waals surface area (Å²) in [5, 5.41) is 0. The van der Waals surface area contributed by atoms with Crippen molar-refractivity contribution < 1.29 is 9.53 Å². The van der Waals surface area contributed by atoms with Crippen molar-refractivity contribution in [2.45, 2.75) is 84.5 Å². The van der Waals surface area contributed by atoms with Crippen LogP contribution in [0.5, 0.6) is 0 Å². The molecule has 0 saturated heterocycles. The van der Waals surface area contributed by atoms with E-state index >= 15 is 0 Å². The summed E-state index contributed by atoms with van der Waals surface area (Å²) in [6.45, 7) is 5.73. The van der Waals surface area contributed by atoms with E-state index in [0.29, 0.717) is 12.2 Å². The Morgan fingerprint density at radius 1 is 0.778 bits per heavy atom. The van der Waals surface area contributed by atoms with Crippen molar-refractivity contribution in [3.05, 3.63) is 0 Å². The first-order valence-corrected chi connectivity index (χ1v) is 7.90. The zero-order chi connectivity index (χ0) is 13.5. The van der Waals surface area contributed by atoms with Gasteiger partial charge in [-0.2, -0.15) is 0 Å². The molecule has 0 aromatic rings. The molecule has 0 fully saturated rings. The van der Waals surface area contributed by atoms with Gasteiger partial charge in [-0.05, 0) is 19.8 Å². The fourth-order valence-electron chi connectivity index (χ4n) is 2.10. The quantitative estimate of drug-likeness (QED) is 0.413. The van der Waals surface area contributed by atoms with E-state index in [9.17, 15) is 4.79 Å². The number of ether oxygens (including phenoxy) is 1.